The molecule has 0 spiro atoms. The molecule has 0 amide bonds. The summed E-state index contributed by atoms with van der Waals surface area (Å²) < 4.78 is 4.97. The van der Waals surface area contributed by atoms with Gasteiger partial charge in [0.2, 0.25) is 0 Å². The van der Waals surface area contributed by atoms with E-state index in [2.05, 4.69) is 0 Å². The van der Waals surface area contributed by atoms with Gasteiger partial charge in [-0.25, -0.2) is 0 Å². The molecule has 0 bridgehead atoms. The van der Waals surface area contributed by atoms with E-state index in [-0.39, 0.29) is 6.04 Å². The van der Waals surface area contributed by atoms with Crippen LogP contribution in [-0.2, 0) is 9.53 Å². The van der Waals surface area contributed by atoms with Crippen molar-refractivity contribution in [3.63, 3.8) is 0 Å². The summed E-state index contributed by atoms with van der Waals surface area (Å²) >= 11 is 0. The van der Waals surface area contributed by atoms with Crippen LogP contribution in [0.15, 0.2) is 0 Å². The number of rotatable bonds is 1. The van der Waals surface area contributed by atoms with Gasteiger partial charge < -0.3 is 15.6 Å². The Balaban J connectivity index is 2.47. The molecule has 4 nitrogen and oxygen atoms in total. The molecule has 1 rings (SSSR count). The second-order valence-corrected chi connectivity index (χ2v) is 2.47. The third-order valence-corrected chi connectivity index (χ3v) is 1.72. The van der Waals surface area contributed by atoms with Crippen molar-refractivity contribution < 1.29 is 14.6 Å². The molecule has 1 aliphatic rings. The standard InChI is InChI=1S/C6H11NO3/c7-5-3-10-2-1-4(5)6(8)9/h4-5H,1-3,7H2,(H,8,9)/t4-,5-/m0/s1. The third-order valence-electron chi connectivity index (χ3n) is 1.72. The molecule has 0 saturated carbocycles. The topological polar surface area (TPSA) is 72.5 Å². The highest BCUT2D eigenvalue weighted by molar-refractivity contribution is 5.71. The fourth-order valence-corrected chi connectivity index (χ4v) is 1.07. The number of aliphatic carboxylic acids is 1. The minimum atomic E-state index is -0.809. The first-order chi connectivity index (χ1) is 4.72. The largest absolute Gasteiger partial charge is 0.481 e. The van der Waals surface area contributed by atoms with Crippen LogP contribution in [0.25, 0.3) is 0 Å². The van der Waals surface area contributed by atoms with Crippen LogP contribution in [0.5, 0.6) is 0 Å². The molecule has 1 heterocycles. The van der Waals surface area contributed by atoms with Gasteiger partial charge in [0, 0.05) is 12.6 Å². The molecule has 0 aliphatic carbocycles. The summed E-state index contributed by atoms with van der Waals surface area (Å²) in [6.07, 6.45) is 0.538. The molecule has 3 N–H and O–H groups in total. The highest BCUT2D eigenvalue weighted by Gasteiger charge is 2.28. The molecular weight excluding hydrogens is 134 g/mol. The van der Waals surface area contributed by atoms with Gasteiger partial charge in [-0.1, -0.05) is 0 Å². The second-order valence-electron chi connectivity index (χ2n) is 2.47. The molecule has 0 aromatic heterocycles. The molecule has 0 aromatic carbocycles. The number of carboxylic acids is 1. The Morgan fingerprint density at radius 2 is 2.40 bits per heavy atom. The Labute approximate surface area is 59.0 Å². The lowest BCUT2D eigenvalue weighted by Gasteiger charge is -2.24. The van der Waals surface area contributed by atoms with E-state index in [1.807, 2.05) is 0 Å². The van der Waals surface area contributed by atoms with Gasteiger partial charge in [0.15, 0.2) is 0 Å². The van der Waals surface area contributed by atoms with Gasteiger partial charge in [0.1, 0.15) is 0 Å². The second kappa shape index (κ2) is 2.98. The lowest BCUT2D eigenvalue weighted by molar-refractivity contribution is -0.145. The molecule has 58 valence electrons. The van der Waals surface area contributed by atoms with Gasteiger partial charge in [0.05, 0.1) is 12.5 Å². The van der Waals surface area contributed by atoms with E-state index in [4.69, 9.17) is 15.6 Å². The average Bonchev–Trinajstić information content (AvgIpc) is 1.88. The van der Waals surface area contributed by atoms with Gasteiger partial charge in [-0.15, -0.1) is 0 Å². The molecule has 0 unspecified atom stereocenters. The van der Waals surface area contributed by atoms with Crippen molar-refractivity contribution in [3.8, 4) is 0 Å². The van der Waals surface area contributed by atoms with E-state index in [1.54, 1.807) is 0 Å². The van der Waals surface area contributed by atoms with Crippen LogP contribution in [-0.4, -0.2) is 30.3 Å². The Morgan fingerprint density at radius 1 is 1.70 bits per heavy atom. The zero-order valence-electron chi connectivity index (χ0n) is 5.62. The minimum absolute atomic E-state index is 0.328. The quantitative estimate of drug-likeness (QED) is 0.518. The highest BCUT2D eigenvalue weighted by atomic mass is 16.5. The van der Waals surface area contributed by atoms with E-state index < -0.39 is 11.9 Å². The number of nitrogens with two attached hydrogens (primary N) is 1. The van der Waals surface area contributed by atoms with Crippen LogP contribution in [0.2, 0.25) is 0 Å². The fourth-order valence-electron chi connectivity index (χ4n) is 1.07. The van der Waals surface area contributed by atoms with E-state index in [9.17, 15) is 4.79 Å². The molecule has 10 heavy (non-hydrogen) atoms. The van der Waals surface area contributed by atoms with Crippen molar-refractivity contribution in [2.24, 2.45) is 11.7 Å². The summed E-state index contributed by atoms with van der Waals surface area (Å²) in [7, 11) is 0. The first kappa shape index (κ1) is 7.50. The van der Waals surface area contributed by atoms with Crippen molar-refractivity contribution in [1.82, 2.24) is 0 Å². The zero-order valence-corrected chi connectivity index (χ0v) is 5.62. The van der Waals surface area contributed by atoms with E-state index in [0.717, 1.165) is 0 Å². The molecule has 1 fully saturated rings. The highest BCUT2D eigenvalue weighted by Crippen LogP contribution is 2.13. The summed E-state index contributed by atoms with van der Waals surface area (Å²) in [4.78, 5) is 10.4. The Kier molecular flexibility index (Phi) is 2.24. The van der Waals surface area contributed by atoms with Crippen LogP contribution >= 0.6 is 0 Å². The third kappa shape index (κ3) is 1.46. The zero-order chi connectivity index (χ0) is 7.56. The average molecular weight is 145 g/mol. The maximum absolute atomic E-state index is 10.4. The maximum atomic E-state index is 10.4. The summed E-state index contributed by atoms with van der Waals surface area (Å²) in [5.74, 6) is -1.22. The summed E-state index contributed by atoms with van der Waals surface area (Å²) in [6, 6.07) is -0.328. The van der Waals surface area contributed by atoms with E-state index >= 15 is 0 Å². The molecule has 2 atom stereocenters. The molecule has 4 heteroatoms. The van der Waals surface area contributed by atoms with Crippen LogP contribution in [0.3, 0.4) is 0 Å². The van der Waals surface area contributed by atoms with Crippen molar-refractivity contribution >= 4 is 5.97 Å². The summed E-state index contributed by atoms with van der Waals surface area (Å²) in [5, 5.41) is 8.57. The molecule has 1 aliphatic heterocycles. The molecular formula is C6H11NO3. The first-order valence-electron chi connectivity index (χ1n) is 3.28. The van der Waals surface area contributed by atoms with Gasteiger partial charge in [-0.3, -0.25) is 4.79 Å². The normalized spacial score (nSPS) is 33.7. The Hall–Kier alpha value is -0.610. The summed E-state index contributed by atoms with van der Waals surface area (Å²) in [6.45, 7) is 0.891. The Bertz CT molecular complexity index is 137. The maximum Gasteiger partial charge on any atom is 0.308 e. The van der Waals surface area contributed by atoms with Crippen LogP contribution in [0, 0.1) is 5.92 Å². The lowest BCUT2D eigenvalue weighted by atomic mass is 9.96. The SMILES string of the molecule is N[C@H]1COCC[C@@H]1C(=O)O. The van der Waals surface area contributed by atoms with Gasteiger partial charge in [-0.2, -0.15) is 0 Å². The minimum Gasteiger partial charge on any atom is -0.481 e. The van der Waals surface area contributed by atoms with Gasteiger partial charge in [0.25, 0.3) is 0 Å². The van der Waals surface area contributed by atoms with Crippen LogP contribution in [0.1, 0.15) is 6.42 Å². The molecule has 0 aromatic rings. The number of carbonyl (C=O) groups is 1. The molecule has 1 saturated heterocycles. The predicted octanol–water partition coefficient (Wildman–Crippen LogP) is -0.565. The summed E-state index contributed by atoms with van der Waals surface area (Å²) in [5.41, 5.74) is 5.47. The van der Waals surface area contributed by atoms with Gasteiger partial charge >= 0.3 is 5.97 Å². The fraction of sp³-hybridized carbons (Fsp3) is 0.833. The first-order valence-corrected chi connectivity index (χ1v) is 3.28. The number of ether oxygens (including phenoxy) is 1. The van der Waals surface area contributed by atoms with Gasteiger partial charge in [-0.05, 0) is 6.42 Å². The smallest absolute Gasteiger partial charge is 0.308 e. The van der Waals surface area contributed by atoms with Crippen LogP contribution in [0.4, 0.5) is 0 Å². The number of hydrogen-bond acceptors (Lipinski definition) is 3. The van der Waals surface area contributed by atoms with E-state index in [0.29, 0.717) is 19.6 Å². The number of hydrogen-bond donors (Lipinski definition) is 2. The molecule has 0 radical (unpaired) electrons. The van der Waals surface area contributed by atoms with Crippen molar-refractivity contribution in [3.05, 3.63) is 0 Å². The predicted molar refractivity (Wildman–Crippen MR) is 34.5 cm³/mol. The van der Waals surface area contributed by atoms with Crippen LogP contribution < -0.4 is 5.73 Å². The monoisotopic (exact) mass is 145 g/mol. The van der Waals surface area contributed by atoms with E-state index in [1.165, 1.54) is 0 Å². The van der Waals surface area contributed by atoms with Crippen molar-refractivity contribution in [1.29, 1.82) is 0 Å². The lowest BCUT2D eigenvalue weighted by Crippen LogP contribution is -2.43. The Morgan fingerprint density at radius 3 is 2.80 bits per heavy atom. The van der Waals surface area contributed by atoms with Crippen molar-refractivity contribution in [2.45, 2.75) is 12.5 Å². The number of carboxylic acid groups (broad SMARTS) is 1. The van der Waals surface area contributed by atoms with Crippen molar-refractivity contribution in [2.75, 3.05) is 13.2 Å².